The van der Waals surface area contributed by atoms with Crippen LogP contribution in [0.2, 0.25) is 0 Å². The van der Waals surface area contributed by atoms with Crippen LogP contribution < -0.4 is 10.6 Å². The molecule has 2 N–H and O–H groups in total. The molecule has 2 heterocycles. The van der Waals surface area contributed by atoms with E-state index in [2.05, 4.69) is 29.5 Å². The van der Waals surface area contributed by atoms with E-state index < -0.39 is 0 Å². The molecule has 2 amide bonds. The van der Waals surface area contributed by atoms with E-state index in [1.54, 1.807) is 6.20 Å². The summed E-state index contributed by atoms with van der Waals surface area (Å²) in [7, 11) is 0. The Kier molecular flexibility index (Phi) is 3.60. The maximum absolute atomic E-state index is 11.6. The van der Waals surface area contributed by atoms with Gasteiger partial charge in [0.05, 0.1) is 0 Å². The van der Waals surface area contributed by atoms with E-state index in [1.165, 1.54) is 0 Å². The molecule has 0 aromatic carbocycles. The molecule has 1 atom stereocenters. The number of hydrogen-bond acceptors (Lipinski definition) is 4. The Bertz CT molecular complexity index is 471. The van der Waals surface area contributed by atoms with Crippen molar-refractivity contribution in [1.82, 2.24) is 10.3 Å². The second-order valence-corrected chi connectivity index (χ2v) is 4.77. The van der Waals surface area contributed by atoms with Crippen molar-refractivity contribution in [2.75, 3.05) is 5.32 Å². The molecule has 0 unspecified atom stereocenters. The van der Waals surface area contributed by atoms with Crippen molar-refractivity contribution in [1.29, 1.82) is 0 Å². The molecule has 5 nitrogen and oxygen atoms in total. The summed E-state index contributed by atoms with van der Waals surface area (Å²) in [5, 5.41) is 5.47. The Morgan fingerprint density at radius 1 is 1.44 bits per heavy atom. The molecule has 18 heavy (non-hydrogen) atoms. The Morgan fingerprint density at radius 3 is 2.89 bits per heavy atom. The minimum absolute atomic E-state index is 0.198. The summed E-state index contributed by atoms with van der Waals surface area (Å²) in [6.07, 6.45) is 2.64. The fourth-order valence-corrected chi connectivity index (χ4v) is 1.89. The number of pyridine rings is 1. The molecule has 2 rings (SSSR count). The quantitative estimate of drug-likeness (QED) is 0.792. The van der Waals surface area contributed by atoms with Crippen LogP contribution in [0.1, 0.15) is 38.3 Å². The smallest absolute Gasteiger partial charge is 0.249 e. The fraction of sp³-hybridized carbons (Fsp3) is 0.462. The predicted octanol–water partition coefficient (Wildman–Crippen LogP) is 1.42. The van der Waals surface area contributed by atoms with E-state index in [1.807, 2.05) is 12.1 Å². The van der Waals surface area contributed by atoms with E-state index in [4.69, 9.17) is 0 Å². The van der Waals surface area contributed by atoms with Crippen LogP contribution in [0.4, 0.5) is 5.69 Å². The number of rotatable bonds is 3. The second-order valence-electron chi connectivity index (χ2n) is 4.77. The Hall–Kier alpha value is -1.91. The number of anilines is 1. The normalized spacial score (nSPS) is 19.8. The number of nitrogens with zero attached hydrogens (tertiary/aromatic N) is 1. The third-order valence-electron chi connectivity index (χ3n) is 2.95. The number of amides is 2. The molecule has 1 aliphatic rings. The Labute approximate surface area is 106 Å². The van der Waals surface area contributed by atoms with E-state index in [9.17, 15) is 9.59 Å². The highest BCUT2D eigenvalue weighted by Gasteiger charge is 2.26. The van der Waals surface area contributed by atoms with E-state index in [-0.39, 0.29) is 17.9 Å². The van der Waals surface area contributed by atoms with Crippen molar-refractivity contribution >= 4 is 17.5 Å². The van der Waals surface area contributed by atoms with Crippen LogP contribution in [0.15, 0.2) is 18.3 Å². The van der Waals surface area contributed by atoms with Gasteiger partial charge in [0.1, 0.15) is 6.04 Å². The molecule has 96 valence electrons. The van der Waals surface area contributed by atoms with Crippen molar-refractivity contribution in [2.45, 2.75) is 38.6 Å². The van der Waals surface area contributed by atoms with E-state index >= 15 is 0 Å². The lowest BCUT2D eigenvalue weighted by Crippen LogP contribution is -2.47. The summed E-state index contributed by atoms with van der Waals surface area (Å²) in [4.78, 5) is 26.9. The predicted molar refractivity (Wildman–Crippen MR) is 68.1 cm³/mol. The van der Waals surface area contributed by atoms with Gasteiger partial charge in [-0.1, -0.05) is 13.8 Å². The minimum atomic E-state index is -0.342. The molecular weight excluding hydrogens is 230 g/mol. The first kappa shape index (κ1) is 12.5. The third kappa shape index (κ3) is 2.85. The topological polar surface area (TPSA) is 71.1 Å². The molecule has 0 radical (unpaired) electrons. The Morgan fingerprint density at radius 2 is 2.22 bits per heavy atom. The van der Waals surface area contributed by atoms with Gasteiger partial charge in [-0.25, -0.2) is 0 Å². The fourth-order valence-electron chi connectivity index (χ4n) is 1.89. The molecule has 5 heteroatoms. The zero-order valence-corrected chi connectivity index (χ0v) is 10.6. The highest BCUT2D eigenvalue weighted by Crippen LogP contribution is 2.18. The van der Waals surface area contributed by atoms with Gasteiger partial charge in [-0.2, -0.15) is 0 Å². The first-order valence-corrected chi connectivity index (χ1v) is 6.12. The van der Waals surface area contributed by atoms with Gasteiger partial charge >= 0.3 is 0 Å². The van der Waals surface area contributed by atoms with Gasteiger partial charge in [-0.15, -0.1) is 0 Å². The van der Waals surface area contributed by atoms with Crippen LogP contribution in [0, 0.1) is 0 Å². The molecule has 1 saturated heterocycles. The second kappa shape index (κ2) is 5.16. The van der Waals surface area contributed by atoms with Crippen LogP contribution in [0.3, 0.4) is 0 Å². The van der Waals surface area contributed by atoms with Crippen molar-refractivity contribution in [2.24, 2.45) is 0 Å². The number of imide groups is 1. The van der Waals surface area contributed by atoms with E-state index in [0.29, 0.717) is 18.8 Å². The first-order chi connectivity index (χ1) is 8.56. The van der Waals surface area contributed by atoms with Crippen molar-refractivity contribution in [3.05, 3.63) is 24.0 Å². The highest BCUT2D eigenvalue weighted by atomic mass is 16.2. The molecule has 1 aliphatic heterocycles. The lowest BCUT2D eigenvalue weighted by atomic mass is 10.1. The number of carbonyl (C=O) groups is 2. The summed E-state index contributed by atoms with van der Waals surface area (Å²) in [6, 6.07) is 3.43. The van der Waals surface area contributed by atoms with Crippen LogP contribution >= 0.6 is 0 Å². The summed E-state index contributed by atoms with van der Waals surface area (Å²) < 4.78 is 0. The van der Waals surface area contributed by atoms with Crippen molar-refractivity contribution < 1.29 is 9.59 Å². The maximum Gasteiger partial charge on any atom is 0.249 e. The summed E-state index contributed by atoms with van der Waals surface area (Å²) in [5.74, 6) is -0.113. The average Bonchev–Trinajstić information content (AvgIpc) is 2.33. The molecular formula is C13H17N3O2. The minimum Gasteiger partial charge on any atom is -0.374 e. The summed E-state index contributed by atoms with van der Waals surface area (Å²) >= 11 is 0. The van der Waals surface area contributed by atoms with Crippen molar-refractivity contribution in [3.8, 4) is 0 Å². The van der Waals surface area contributed by atoms with Crippen LogP contribution in [-0.4, -0.2) is 22.8 Å². The number of carbonyl (C=O) groups excluding carboxylic acids is 2. The maximum atomic E-state index is 11.6. The van der Waals surface area contributed by atoms with Gasteiger partial charge in [-0.3, -0.25) is 19.9 Å². The molecule has 1 aromatic rings. The number of nitrogens with one attached hydrogen (secondary N) is 2. The molecule has 1 fully saturated rings. The van der Waals surface area contributed by atoms with Gasteiger partial charge in [0.2, 0.25) is 11.8 Å². The largest absolute Gasteiger partial charge is 0.374 e. The first-order valence-electron chi connectivity index (χ1n) is 6.12. The van der Waals surface area contributed by atoms with Gasteiger partial charge in [0.15, 0.2) is 0 Å². The monoisotopic (exact) mass is 247 g/mol. The number of piperidine rings is 1. The molecule has 0 saturated carbocycles. The summed E-state index contributed by atoms with van der Waals surface area (Å²) in [6.45, 7) is 4.14. The number of aromatic nitrogens is 1. The zero-order valence-electron chi connectivity index (χ0n) is 10.6. The van der Waals surface area contributed by atoms with Crippen molar-refractivity contribution in [3.63, 3.8) is 0 Å². The van der Waals surface area contributed by atoms with E-state index in [0.717, 1.165) is 11.4 Å². The third-order valence-corrected chi connectivity index (χ3v) is 2.95. The van der Waals surface area contributed by atoms with Gasteiger partial charge in [-0.05, 0) is 24.5 Å². The standard InChI is InChI=1S/C13H17N3O2/c1-8(2)11-7-9(5-6-14-11)15-10-3-4-12(17)16-13(10)18/h5-8,10H,3-4H2,1-2H3,(H,14,15)(H,16,17,18)/t10-/m1/s1. The van der Waals surface area contributed by atoms with Crippen LogP contribution in [0.25, 0.3) is 0 Å². The Balaban J connectivity index is 2.07. The molecule has 0 aliphatic carbocycles. The SMILES string of the molecule is CC(C)c1cc(N[C@@H]2CCC(=O)NC2=O)ccn1. The lowest BCUT2D eigenvalue weighted by Gasteiger charge is -2.23. The highest BCUT2D eigenvalue weighted by molar-refractivity contribution is 6.01. The molecule has 1 aromatic heterocycles. The van der Waals surface area contributed by atoms with Gasteiger partial charge < -0.3 is 5.32 Å². The summed E-state index contributed by atoms with van der Waals surface area (Å²) in [5.41, 5.74) is 1.84. The van der Waals surface area contributed by atoms with Crippen LogP contribution in [0.5, 0.6) is 0 Å². The molecule has 0 bridgehead atoms. The average molecular weight is 247 g/mol. The van der Waals surface area contributed by atoms with Crippen LogP contribution in [-0.2, 0) is 9.59 Å². The zero-order chi connectivity index (χ0) is 13.1. The van der Waals surface area contributed by atoms with Gasteiger partial charge in [0.25, 0.3) is 0 Å². The molecule has 0 spiro atoms. The lowest BCUT2D eigenvalue weighted by molar-refractivity contribution is -0.133. The number of hydrogen-bond donors (Lipinski definition) is 2. The van der Waals surface area contributed by atoms with Gasteiger partial charge in [0, 0.05) is 24.0 Å².